The minimum absolute atomic E-state index is 0.0363. The van der Waals surface area contributed by atoms with Gasteiger partial charge in [0.2, 0.25) is 5.91 Å². The first kappa shape index (κ1) is 11.9. The predicted molar refractivity (Wildman–Crippen MR) is 65.8 cm³/mol. The summed E-state index contributed by atoms with van der Waals surface area (Å²) in [6, 6.07) is 7.54. The molecule has 1 amide bonds. The second-order valence-corrected chi connectivity index (χ2v) is 4.22. The summed E-state index contributed by atoms with van der Waals surface area (Å²) in [7, 11) is 0. The third kappa shape index (κ3) is 3.47. The third-order valence-electron chi connectivity index (χ3n) is 2.12. The summed E-state index contributed by atoms with van der Waals surface area (Å²) in [6.45, 7) is 1.93. The number of benzene rings is 1. The van der Waals surface area contributed by atoms with E-state index in [9.17, 15) is 4.79 Å². The fourth-order valence-corrected chi connectivity index (χ4v) is 1.74. The largest absolute Gasteiger partial charge is 0.398 e. The Morgan fingerprint density at radius 2 is 2.20 bits per heavy atom. The van der Waals surface area contributed by atoms with Gasteiger partial charge < -0.3 is 11.1 Å². The van der Waals surface area contributed by atoms with Crippen LogP contribution in [0.4, 0.5) is 5.69 Å². The zero-order valence-electron chi connectivity index (χ0n) is 8.99. The normalized spacial score (nSPS) is 12.1. The lowest BCUT2D eigenvalue weighted by Crippen LogP contribution is -2.28. The summed E-state index contributed by atoms with van der Waals surface area (Å²) in [5.41, 5.74) is 7.50. The Bertz CT molecular complexity index is 341. The van der Waals surface area contributed by atoms with Gasteiger partial charge in [-0.1, -0.05) is 18.2 Å². The summed E-state index contributed by atoms with van der Waals surface area (Å²) in [5.74, 6) is 0.523. The number of hydrogen-bond acceptors (Lipinski definition) is 3. The van der Waals surface area contributed by atoms with E-state index in [4.69, 9.17) is 5.73 Å². The number of nitrogens with two attached hydrogens (primary N) is 1. The topological polar surface area (TPSA) is 55.1 Å². The molecule has 1 atom stereocenters. The van der Waals surface area contributed by atoms with Gasteiger partial charge in [-0.15, -0.1) is 0 Å². The van der Waals surface area contributed by atoms with Crippen LogP contribution in [-0.4, -0.2) is 17.9 Å². The summed E-state index contributed by atoms with van der Waals surface area (Å²) >= 11 is 1.51. The molecule has 0 radical (unpaired) electrons. The molecule has 1 rings (SSSR count). The molecule has 0 spiro atoms. The maximum atomic E-state index is 11.4. The summed E-state index contributed by atoms with van der Waals surface area (Å²) in [4.78, 5) is 11.4. The quantitative estimate of drug-likeness (QED) is 0.767. The molecule has 0 fully saturated rings. The smallest absolute Gasteiger partial charge is 0.230 e. The van der Waals surface area contributed by atoms with Crippen LogP contribution in [0.25, 0.3) is 0 Å². The van der Waals surface area contributed by atoms with E-state index in [1.54, 1.807) is 0 Å². The second-order valence-electron chi connectivity index (χ2n) is 3.35. The van der Waals surface area contributed by atoms with Crippen molar-refractivity contribution >= 4 is 23.4 Å². The van der Waals surface area contributed by atoms with Crippen LogP contribution in [0.15, 0.2) is 24.3 Å². The van der Waals surface area contributed by atoms with E-state index >= 15 is 0 Å². The molecule has 0 aliphatic carbocycles. The van der Waals surface area contributed by atoms with Crippen LogP contribution in [0.1, 0.15) is 18.5 Å². The molecule has 0 bridgehead atoms. The number of hydrogen-bond donors (Lipinski definition) is 2. The molecule has 0 aliphatic heterocycles. The van der Waals surface area contributed by atoms with Crippen molar-refractivity contribution in [2.45, 2.75) is 13.0 Å². The van der Waals surface area contributed by atoms with E-state index in [1.165, 1.54) is 11.8 Å². The molecule has 0 saturated heterocycles. The van der Waals surface area contributed by atoms with Crippen molar-refractivity contribution in [3.63, 3.8) is 0 Å². The SMILES string of the molecule is CSCC(=O)NC(C)c1ccccc1N. The van der Waals surface area contributed by atoms with Gasteiger partial charge in [0, 0.05) is 5.69 Å². The number of rotatable bonds is 4. The van der Waals surface area contributed by atoms with Crippen molar-refractivity contribution in [3.8, 4) is 0 Å². The molecule has 1 aromatic rings. The van der Waals surface area contributed by atoms with Crippen molar-refractivity contribution in [2.24, 2.45) is 0 Å². The molecule has 0 aromatic heterocycles. The highest BCUT2D eigenvalue weighted by Crippen LogP contribution is 2.19. The zero-order valence-corrected chi connectivity index (χ0v) is 9.80. The molecule has 0 heterocycles. The fourth-order valence-electron chi connectivity index (χ4n) is 1.40. The number of para-hydroxylation sites is 1. The van der Waals surface area contributed by atoms with Gasteiger partial charge in [-0.2, -0.15) is 11.8 Å². The van der Waals surface area contributed by atoms with Gasteiger partial charge in [-0.25, -0.2) is 0 Å². The van der Waals surface area contributed by atoms with E-state index in [0.717, 1.165) is 11.3 Å². The Kier molecular flexibility index (Phi) is 4.49. The van der Waals surface area contributed by atoms with Crippen molar-refractivity contribution in [3.05, 3.63) is 29.8 Å². The van der Waals surface area contributed by atoms with E-state index < -0.39 is 0 Å². The highest BCUT2D eigenvalue weighted by molar-refractivity contribution is 7.99. The van der Waals surface area contributed by atoms with Crippen LogP contribution in [0.2, 0.25) is 0 Å². The molecule has 1 aromatic carbocycles. The van der Waals surface area contributed by atoms with Gasteiger partial charge >= 0.3 is 0 Å². The first-order valence-corrected chi connectivity index (χ1v) is 6.17. The number of thioether (sulfide) groups is 1. The van der Waals surface area contributed by atoms with Crippen LogP contribution in [0.3, 0.4) is 0 Å². The molecule has 1 unspecified atom stereocenters. The van der Waals surface area contributed by atoms with E-state index in [1.807, 2.05) is 37.4 Å². The number of nitrogen functional groups attached to an aromatic ring is 1. The van der Waals surface area contributed by atoms with Crippen LogP contribution in [0.5, 0.6) is 0 Å². The molecular formula is C11H16N2OS. The lowest BCUT2D eigenvalue weighted by molar-refractivity contribution is -0.119. The molecule has 4 heteroatoms. The number of nitrogens with one attached hydrogen (secondary N) is 1. The average molecular weight is 224 g/mol. The minimum Gasteiger partial charge on any atom is -0.398 e. The number of carbonyl (C=O) groups excluding carboxylic acids is 1. The first-order valence-electron chi connectivity index (χ1n) is 4.78. The van der Waals surface area contributed by atoms with E-state index in [0.29, 0.717) is 5.75 Å². The van der Waals surface area contributed by atoms with Crippen LogP contribution < -0.4 is 11.1 Å². The fraction of sp³-hybridized carbons (Fsp3) is 0.364. The lowest BCUT2D eigenvalue weighted by Gasteiger charge is -2.15. The van der Waals surface area contributed by atoms with Crippen LogP contribution in [0, 0.1) is 0 Å². The Balaban J connectivity index is 2.65. The van der Waals surface area contributed by atoms with Gasteiger partial charge in [-0.05, 0) is 24.8 Å². The van der Waals surface area contributed by atoms with Gasteiger partial charge in [0.25, 0.3) is 0 Å². The van der Waals surface area contributed by atoms with E-state index in [2.05, 4.69) is 5.32 Å². The lowest BCUT2D eigenvalue weighted by atomic mass is 10.1. The Hall–Kier alpha value is -1.16. The van der Waals surface area contributed by atoms with Gasteiger partial charge in [-0.3, -0.25) is 4.79 Å². The third-order valence-corrected chi connectivity index (χ3v) is 2.67. The second kappa shape index (κ2) is 5.66. The molecule has 3 nitrogen and oxygen atoms in total. The first-order chi connectivity index (χ1) is 7.15. The molecule has 0 aliphatic rings. The number of anilines is 1. The molecule has 0 saturated carbocycles. The van der Waals surface area contributed by atoms with Gasteiger partial charge in [0.1, 0.15) is 0 Å². The highest BCUT2D eigenvalue weighted by Gasteiger charge is 2.10. The molecule has 15 heavy (non-hydrogen) atoms. The maximum Gasteiger partial charge on any atom is 0.230 e. The highest BCUT2D eigenvalue weighted by atomic mass is 32.2. The summed E-state index contributed by atoms with van der Waals surface area (Å²) in [5, 5.41) is 2.90. The van der Waals surface area contributed by atoms with Crippen LogP contribution in [-0.2, 0) is 4.79 Å². The van der Waals surface area contributed by atoms with Crippen molar-refractivity contribution in [1.29, 1.82) is 0 Å². The summed E-state index contributed by atoms with van der Waals surface area (Å²) < 4.78 is 0. The van der Waals surface area contributed by atoms with Gasteiger partial charge in [0.15, 0.2) is 0 Å². The van der Waals surface area contributed by atoms with Crippen molar-refractivity contribution < 1.29 is 4.79 Å². The zero-order chi connectivity index (χ0) is 11.3. The average Bonchev–Trinajstić information content (AvgIpc) is 2.18. The summed E-state index contributed by atoms with van der Waals surface area (Å²) in [6.07, 6.45) is 1.90. The molecule has 82 valence electrons. The number of amides is 1. The van der Waals surface area contributed by atoms with E-state index in [-0.39, 0.29) is 11.9 Å². The van der Waals surface area contributed by atoms with Crippen LogP contribution >= 0.6 is 11.8 Å². The minimum atomic E-state index is -0.0363. The Morgan fingerprint density at radius 1 is 1.53 bits per heavy atom. The van der Waals surface area contributed by atoms with Crippen molar-refractivity contribution in [2.75, 3.05) is 17.7 Å². The van der Waals surface area contributed by atoms with Crippen molar-refractivity contribution in [1.82, 2.24) is 5.32 Å². The standard InChI is InChI=1S/C11H16N2OS/c1-8(13-11(14)7-15-2)9-5-3-4-6-10(9)12/h3-6,8H,7,12H2,1-2H3,(H,13,14). The monoisotopic (exact) mass is 224 g/mol. The number of carbonyl (C=O) groups is 1. The Morgan fingerprint density at radius 3 is 2.80 bits per heavy atom. The predicted octanol–water partition coefficient (Wildman–Crippen LogP) is 1.81. The maximum absolute atomic E-state index is 11.4. The molecular weight excluding hydrogens is 208 g/mol. The molecule has 3 N–H and O–H groups in total. The van der Waals surface area contributed by atoms with Gasteiger partial charge in [0.05, 0.1) is 11.8 Å². The Labute approximate surface area is 94.4 Å².